The molecule has 1 atom stereocenters. The molecule has 0 bridgehead atoms. The van der Waals surface area contributed by atoms with E-state index in [1.807, 2.05) is 53.3 Å². The van der Waals surface area contributed by atoms with Crippen LogP contribution in [0.15, 0.2) is 89.5 Å². The third kappa shape index (κ3) is 7.69. The zero-order valence-electron chi connectivity index (χ0n) is 25.2. The number of thiazole rings is 1. The molecular formula is C33H33F3N6O2S. The van der Waals surface area contributed by atoms with Crippen molar-refractivity contribution in [1.29, 1.82) is 0 Å². The predicted octanol–water partition coefficient (Wildman–Crippen LogP) is 7.92. The molecule has 1 unspecified atom stereocenters. The van der Waals surface area contributed by atoms with E-state index in [-0.39, 0.29) is 11.7 Å². The molecule has 0 fully saturated rings. The number of nitrogens with zero attached hydrogens (tertiary/aromatic N) is 5. The fourth-order valence-electron chi connectivity index (χ4n) is 5.00. The highest BCUT2D eigenvalue weighted by Crippen LogP contribution is 2.26. The van der Waals surface area contributed by atoms with Crippen molar-refractivity contribution in [3.63, 3.8) is 0 Å². The van der Waals surface area contributed by atoms with E-state index in [9.17, 15) is 18.0 Å². The maximum atomic E-state index is 13.0. The van der Waals surface area contributed by atoms with Crippen molar-refractivity contribution in [2.45, 2.75) is 52.3 Å². The first-order valence-electron chi connectivity index (χ1n) is 14.5. The van der Waals surface area contributed by atoms with Gasteiger partial charge in [-0.3, -0.25) is 4.57 Å². The Morgan fingerprint density at radius 2 is 1.76 bits per heavy atom. The van der Waals surface area contributed by atoms with E-state index in [0.29, 0.717) is 28.8 Å². The average molecular weight is 635 g/mol. The molecule has 1 N–H and O–H groups in total. The molecule has 5 rings (SSSR count). The van der Waals surface area contributed by atoms with Gasteiger partial charge in [-0.1, -0.05) is 63.2 Å². The van der Waals surface area contributed by atoms with Crippen LogP contribution in [0.2, 0.25) is 0 Å². The normalized spacial score (nSPS) is 12.8. The lowest BCUT2D eigenvalue weighted by molar-refractivity contribution is -0.274. The van der Waals surface area contributed by atoms with Crippen LogP contribution in [-0.2, 0) is 0 Å². The first-order valence-corrected chi connectivity index (χ1v) is 15.4. The second-order valence-electron chi connectivity index (χ2n) is 10.8. The maximum absolute atomic E-state index is 13.0. The number of hydrogen-bond donors (Lipinski definition) is 1. The SMILES string of the molecule is CCC(CNC(=O)N=c1scc(C)n1-c1ccccc1C(C)C)c1ccc(-c2ncn(-c3ccc(OC(F)(F)F)cc3)n2)cc1. The number of halogens is 3. The van der Waals surface area contributed by atoms with E-state index in [2.05, 4.69) is 58.0 Å². The Hall–Kier alpha value is -4.71. The number of aromatic nitrogens is 4. The highest BCUT2D eigenvalue weighted by molar-refractivity contribution is 7.07. The van der Waals surface area contributed by atoms with E-state index >= 15 is 0 Å². The predicted molar refractivity (Wildman–Crippen MR) is 168 cm³/mol. The molecule has 2 aromatic heterocycles. The number of alkyl halides is 3. The molecule has 0 aliphatic carbocycles. The molecule has 0 radical (unpaired) electrons. The fourth-order valence-corrected chi connectivity index (χ4v) is 5.87. The molecule has 0 spiro atoms. The van der Waals surface area contributed by atoms with Crippen molar-refractivity contribution in [3.05, 3.63) is 106 Å². The maximum Gasteiger partial charge on any atom is 0.573 e. The van der Waals surface area contributed by atoms with E-state index in [0.717, 1.165) is 28.9 Å². The number of carbonyl (C=O) groups is 1. The Morgan fingerprint density at radius 1 is 1.04 bits per heavy atom. The van der Waals surface area contributed by atoms with Crippen molar-refractivity contribution in [2.24, 2.45) is 4.99 Å². The lowest BCUT2D eigenvalue weighted by atomic mass is 9.95. The van der Waals surface area contributed by atoms with Crippen molar-refractivity contribution < 1.29 is 22.7 Å². The van der Waals surface area contributed by atoms with Crippen molar-refractivity contribution in [1.82, 2.24) is 24.6 Å². The van der Waals surface area contributed by atoms with E-state index in [1.54, 1.807) is 0 Å². The summed E-state index contributed by atoms with van der Waals surface area (Å²) in [6, 6.07) is 21.0. The van der Waals surface area contributed by atoms with Crippen LogP contribution in [0, 0.1) is 6.92 Å². The number of para-hydroxylation sites is 1. The van der Waals surface area contributed by atoms with Gasteiger partial charge in [0.15, 0.2) is 10.6 Å². The number of rotatable bonds is 9. The molecule has 0 saturated carbocycles. The first-order chi connectivity index (χ1) is 21.5. The number of carbonyl (C=O) groups excluding carboxylic acids is 1. The highest BCUT2D eigenvalue weighted by atomic mass is 32.1. The van der Waals surface area contributed by atoms with Crippen LogP contribution < -0.4 is 14.9 Å². The number of amides is 2. The monoisotopic (exact) mass is 634 g/mol. The lowest BCUT2D eigenvalue weighted by Crippen LogP contribution is -2.28. The molecule has 45 heavy (non-hydrogen) atoms. The molecule has 5 aromatic rings. The number of urea groups is 1. The molecule has 8 nitrogen and oxygen atoms in total. The van der Waals surface area contributed by atoms with E-state index in [1.165, 1.54) is 52.2 Å². The second-order valence-corrected chi connectivity index (χ2v) is 11.6. The molecular weight excluding hydrogens is 601 g/mol. The summed E-state index contributed by atoms with van der Waals surface area (Å²) in [4.78, 5) is 22.3. The Labute approximate surface area is 262 Å². The Bertz CT molecular complexity index is 1820. The summed E-state index contributed by atoms with van der Waals surface area (Å²) in [6.45, 7) is 8.79. The number of ether oxygens (including phenoxy) is 1. The number of nitrogens with one attached hydrogen (secondary N) is 1. The van der Waals surface area contributed by atoms with E-state index < -0.39 is 12.4 Å². The zero-order chi connectivity index (χ0) is 32.1. The minimum Gasteiger partial charge on any atom is -0.406 e. The molecule has 2 amide bonds. The van der Waals surface area contributed by atoms with Crippen LogP contribution in [-0.4, -0.2) is 38.3 Å². The molecule has 0 aliphatic heterocycles. The smallest absolute Gasteiger partial charge is 0.406 e. The summed E-state index contributed by atoms with van der Waals surface area (Å²) in [5, 5.41) is 9.45. The number of benzene rings is 3. The van der Waals surface area contributed by atoms with Gasteiger partial charge in [-0.15, -0.1) is 29.6 Å². The van der Waals surface area contributed by atoms with Gasteiger partial charge in [0.25, 0.3) is 0 Å². The Balaban J connectivity index is 1.25. The summed E-state index contributed by atoms with van der Waals surface area (Å²) in [6.07, 6.45) is -2.45. The molecule has 234 valence electrons. The third-order valence-electron chi connectivity index (χ3n) is 7.34. The van der Waals surface area contributed by atoms with Gasteiger partial charge in [-0.05, 0) is 60.7 Å². The van der Waals surface area contributed by atoms with Crippen LogP contribution >= 0.6 is 11.3 Å². The summed E-state index contributed by atoms with van der Waals surface area (Å²) in [5.74, 6) is 0.548. The minimum atomic E-state index is -4.75. The van der Waals surface area contributed by atoms with Gasteiger partial charge in [-0.2, -0.15) is 4.99 Å². The van der Waals surface area contributed by atoms with Crippen LogP contribution in [0.5, 0.6) is 5.75 Å². The second kappa shape index (κ2) is 13.5. The van der Waals surface area contributed by atoms with Gasteiger partial charge in [0.05, 0.1) is 11.4 Å². The summed E-state index contributed by atoms with van der Waals surface area (Å²) in [5.41, 5.74) is 5.60. The molecule has 0 aliphatic rings. The average Bonchev–Trinajstić information content (AvgIpc) is 3.64. The van der Waals surface area contributed by atoms with Gasteiger partial charge in [-0.25, -0.2) is 14.5 Å². The van der Waals surface area contributed by atoms with Crippen LogP contribution in [0.4, 0.5) is 18.0 Å². The third-order valence-corrected chi connectivity index (χ3v) is 8.28. The topological polar surface area (TPSA) is 86.3 Å². The molecule has 12 heteroatoms. The highest BCUT2D eigenvalue weighted by Gasteiger charge is 2.31. The van der Waals surface area contributed by atoms with Crippen molar-refractivity contribution in [2.75, 3.05) is 6.54 Å². The van der Waals surface area contributed by atoms with Gasteiger partial charge in [0, 0.05) is 29.1 Å². The van der Waals surface area contributed by atoms with Crippen LogP contribution in [0.25, 0.3) is 22.8 Å². The zero-order valence-corrected chi connectivity index (χ0v) is 26.1. The van der Waals surface area contributed by atoms with Crippen molar-refractivity contribution in [3.8, 4) is 28.5 Å². The quantitative estimate of drug-likeness (QED) is 0.179. The van der Waals surface area contributed by atoms with E-state index in [4.69, 9.17) is 0 Å². The van der Waals surface area contributed by atoms with Crippen LogP contribution in [0.3, 0.4) is 0 Å². The minimum absolute atomic E-state index is 0.0695. The largest absolute Gasteiger partial charge is 0.573 e. The standard InChI is InChI=1S/C33H33F3N6O2S/c1-5-23(18-37-31(43)39-32-42(22(4)19-45-32)29-9-7-6-8-28(29)21(2)3)24-10-12-25(13-11-24)30-38-20-41(40-30)26-14-16-27(17-15-26)44-33(34,35)36/h6-17,19-21,23H,5,18H2,1-4H3,(H,37,43). The van der Waals surface area contributed by atoms with Gasteiger partial charge < -0.3 is 10.1 Å². The lowest BCUT2D eigenvalue weighted by Gasteiger charge is -2.16. The summed E-state index contributed by atoms with van der Waals surface area (Å²) in [7, 11) is 0. The van der Waals surface area contributed by atoms with Gasteiger partial charge >= 0.3 is 12.4 Å². The van der Waals surface area contributed by atoms with Gasteiger partial charge in [0.2, 0.25) is 0 Å². The Kier molecular flexibility index (Phi) is 9.52. The summed E-state index contributed by atoms with van der Waals surface area (Å²) >= 11 is 1.43. The first kappa shape index (κ1) is 31.7. The number of hydrogen-bond acceptors (Lipinski definition) is 5. The Morgan fingerprint density at radius 3 is 2.42 bits per heavy atom. The molecule has 3 aromatic carbocycles. The van der Waals surface area contributed by atoms with Gasteiger partial charge in [0.1, 0.15) is 12.1 Å². The summed E-state index contributed by atoms with van der Waals surface area (Å²) < 4.78 is 44.8. The molecule has 0 saturated heterocycles. The fraction of sp³-hybridized carbons (Fsp3) is 0.273. The van der Waals surface area contributed by atoms with Crippen LogP contribution in [0.1, 0.15) is 55.8 Å². The number of aryl methyl sites for hydroxylation is 1. The van der Waals surface area contributed by atoms with Crippen molar-refractivity contribution >= 4 is 17.4 Å². The molecule has 2 heterocycles.